The Morgan fingerprint density at radius 2 is 2.44 bits per heavy atom. The summed E-state index contributed by atoms with van der Waals surface area (Å²) >= 11 is 1.80. The van der Waals surface area contributed by atoms with E-state index >= 15 is 0 Å². The van der Waals surface area contributed by atoms with E-state index in [1.807, 2.05) is 6.07 Å². The van der Waals surface area contributed by atoms with E-state index in [0.717, 1.165) is 13.0 Å². The lowest BCUT2D eigenvalue weighted by Gasteiger charge is -2.11. The van der Waals surface area contributed by atoms with Crippen LogP contribution in [0.1, 0.15) is 19.2 Å². The van der Waals surface area contributed by atoms with Crippen molar-refractivity contribution in [3.8, 4) is 11.6 Å². The van der Waals surface area contributed by atoms with Crippen LogP contribution in [0.4, 0.5) is 0 Å². The second-order valence-corrected chi connectivity index (χ2v) is 5.43. The quantitative estimate of drug-likeness (QED) is 0.848. The number of furan rings is 1. The average Bonchev–Trinajstić information content (AvgIpc) is 3.08. The SMILES string of the molecule is C[C@H]1OCC[C@@H]1SCc1nc(-c2ccco2)no1. The first-order valence-electron chi connectivity index (χ1n) is 5.92. The van der Waals surface area contributed by atoms with E-state index in [1.54, 1.807) is 24.1 Å². The number of ether oxygens (including phenoxy) is 1. The molecule has 18 heavy (non-hydrogen) atoms. The normalized spacial score (nSPS) is 23.6. The van der Waals surface area contributed by atoms with Gasteiger partial charge in [-0.25, -0.2) is 0 Å². The molecule has 1 aliphatic heterocycles. The van der Waals surface area contributed by atoms with Crippen molar-refractivity contribution in [3.63, 3.8) is 0 Å². The predicted molar refractivity (Wildman–Crippen MR) is 67.1 cm³/mol. The van der Waals surface area contributed by atoms with Gasteiger partial charge in [0.15, 0.2) is 5.76 Å². The molecule has 3 heterocycles. The summed E-state index contributed by atoms with van der Waals surface area (Å²) in [6, 6.07) is 3.62. The van der Waals surface area contributed by atoms with Crippen molar-refractivity contribution in [1.29, 1.82) is 0 Å². The molecule has 1 saturated heterocycles. The van der Waals surface area contributed by atoms with Gasteiger partial charge >= 0.3 is 0 Å². The highest BCUT2D eigenvalue weighted by molar-refractivity contribution is 7.99. The van der Waals surface area contributed by atoms with Crippen LogP contribution in [0.15, 0.2) is 27.3 Å². The molecule has 0 unspecified atom stereocenters. The zero-order chi connectivity index (χ0) is 12.4. The lowest BCUT2D eigenvalue weighted by atomic mass is 10.3. The number of nitrogens with zero attached hydrogens (tertiary/aromatic N) is 2. The molecular formula is C12H14N2O3S. The topological polar surface area (TPSA) is 61.3 Å². The summed E-state index contributed by atoms with van der Waals surface area (Å²) in [7, 11) is 0. The Hall–Kier alpha value is -1.27. The number of hydrogen-bond donors (Lipinski definition) is 0. The summed E-state index contributed by atoms with van der Waals surface area (Å²) in [4.78, 5) is 4.31. The Kier molecular flexibility index (Phi) is 3.38. The Morgan fingerprint density at radius 3 is 3.17 bits per heavy atom. The third kappa shape index (κ3) is 2.44. The molecule has 2 aromatic rings. The van der Waals surface area contributed by atoms with Gasteiger partial charge in [0.2, 0.25) is 11.7 Å². The van der Waals surface area contributed by atoms with E-state index in [2.05, 4.69) is 17.1 Å². The molecule has 0 radical (unpaired) electrons. The number of thioether (sulfide) groups is 1. The summed E-state index contributed by atoms with van der Waals surface area (Å²) in [5.74, 6) is 2.48. The highest BCUT2D eigenvalue weighted by Gasteiger charge is 2.25. The molecule has 3 rings (SSSR count). The van der Waals surface area contributed by atoms with Crippen molar-refractivity contribution in [2.45, 2.75) is 30.5 Å². The van der Waals surface area contributed by atoms with Gasteiger partial charge in [0.25, 0.3) is 0 Å². The maximum Gasteiger partial charge on any atom is 0.238 e. The van der Waals surface area contributed by atoms with Gasteiger partial charge < -0.3 is 13.7 Å². The van der Waals surface area contributed by atoms with Crippen molar-refractivity contribution in [2.24, 2.45) is 0 Å². The van der Waals surface area contributed by atoms with Gasteiger partial charge in [-0.05, 0) is 25.5 Å². The van der Waals surface area contributed by atoms with E-state index in [9.17, 15) is 0 Å². The Morgan fingerprint density at radius 1 is 1.50 bits per heavy atom. The fraction of sp³-hybridized carbons (Fsp3) is 0.500. The molecule has 1 aliphatic rings. The lowest BCUT2D eigenvalue weighted by Crippen LogP contribution is -2.13. The molecule has 96 valence electrons. The van der Waals surface area contributed by atoms with Crippen molar-refractivity contribution in [2.75, 3.05) is 6.61 Å². The lowest BCUT2D eigenvalue weighted by molar-refractivity contribution is 0.127. The first-order chi connectivity index (χ1) is 8.83. The van der Waals surface area contributed by atoms with Crippen LogP contribution in [0.25, 0.3) is 11.6 Å². The fourth-order valence-electron chi connectivity index (χ4n) is 1.93. The highest BCUT2D eigenvalue weighted by Crippen LogP contribution is 2.29. The van der Waals surface area contributed by atoms with Crippen molar-refractivity contribution >= 4 is 11.8 Å². The van der Waals surface area contributed by atoms with Crippen LogP contribution in [0.3, 0.4) is 0 Å². The molecule has 6 heteroatoms. The van der Waals surface area contributed by atoms with Crippen LogP contribution >= 0.6 is 11.8 Å². The zero-order valence-corrected chi connectivity index (χ0v) is 10.9. The molecule has 0 N–H and O–H groups in total. The molecule has 0 spiro atoms. The standard InChI is InChI=1S/C12H14N2O3S/c1-8-10(4-6-15-8)18-7-11-13-12(14-17-11)9-3-2-5-16-9/h2-3,5,8,10H,4,6-7H2,1H3/t8-,10+/m1/s1. The van der Waals surface area contributed by atoms with Gasteiger partial charge in [-0.1, -0.05) is 5.16 Å². The fourth-order valence-corrected chi connectivity index (χ4v) is 3.02. The van der Waals surface area contributed by atoms with E-state index in [0.29, 0.717) is 34.6 Å². The molecule has 0 aliphatic carbocycles. The number of hydrogen-bond acceptors (Lipinski definition) is 6. The van der Waals surface area contributed by atoms with E-state index in [1.165, 1.54) is 0 Å². The second kappa shape index (κ2) is 5.16. The van der Waals surface area contributed by atoms with Gasteiger partial charge in [0, 0.05) is 11.9 Å². The minimum Gasteiger partial charge on any atom is -0.461 e. The van der Waals surface area contributed by atoms with Crippen LogP contribution < -0.4 is 0 Å². The molecule has 2 aromatic heterocycles. The van der Waals surface area contributed by atoms with E-state index < -0.39 is 0 Å². The first-order valence-corrected chi connectivity index (χ1v) is 6.97. The summed E-state index contributed by atoms with van der Waals surface area (Å²) in [6.07, 6.45) is 2.99. The zero-order valence-electron chi connectivity index (χ0n) is 10.0. The van der Waals surface area contributed by atoms with Crippen molar-refractivity contribution in [3.05, 3.63) is 24.3 Å². The van der Waals surface area contributed by atoms with Crippen LogP contribution in [0.2, 0.25) is 0 Å². The average molecular weight is 266 g/mol. The highest BCUT2D eigenvalue weighted by atomic mass is 32.2. The van der Waals surface area contributed by atoms with Gasteiger partial charge in [0.1, 0.15) is 0 Å². The molecule has 0 amide bonds. The summed E-state index contributed by atoms with van der Waals surface area (Å²) in [6.45, 7) is 2.95. The summed E-state index contributed by atoms with van der Waals surface area (Å²) in [5, 5.41) is 4.42. The monoisotopic (exact) mass is 266 g/mol. The van der Waals surface area contributed by atoms with Crippen LogP contribution in [-0.4, -0.2) is 28.1 Å². The van der Waals surface area contributed by atoms with Gasteiger partial charge in [0.05, 0.1) is 18.1 Å². The summed E-state index contributed by atoms with van der Waals surface area (Å²) < 4.78 is 15.9. The molecular weight excluding hydrogens is 252 g/mol. The smallest absolute Gasteiger partial charge is 0.238 e. The van der Waals surface area contributed by atoms with Gasteiger partial charge in [-0.15, -0.1) is 11.8 Å². The minimum atomic E-state index is 0.308. The molecule has 5 nitrogen and oxygen atoms in total. The number of rotatable bonds is 4. The Labute approximate surface area is 109 Å². The molecule has 1 fully saturated rings. The predicted octanol–water partition coefficient (Wildman–Crippen LogP) is 2.74. The third-order valence-corrected chi connectivity index (χ3v) is 4.40. The maximum absolute atomic E-state index is 5.52. The van der Waals surface area contributed by atoms with Crippen molar-refractivity contribution in [1.82, 2.24) is 10.1 Å². The Balaban J connectivity index is 1.60. The Bertz CT molecular complexity index is 497. The van der Waals surface area contributed by atoms with Crippen LogP contribution in [0.5, 0.6) is 0 Å². The van der Waals surface area contributed by atoms with Crippen LogP contribution in [0, 0.1) is 0 Å². The van der Waals surface area contributed by atoms with E-state index in [-0.39, 0.29) is 0 Å². The molecule has 0 saturated carbocycles. The van der Waals surface area contributed by atoms with E-state index in [4.69, 9.17) is 13.7 Å². The maximum atomic E-state index is 5.52. The molecule has 0 aromatic carbocycles. The third-order valence-electron chi connectivity index (χ3n) is 2.94. The first kappa shape index (κ1) is 11.8. The summed E-state index contributed by atoms with van der Waals surface area (Å²) in [5.41, 5.74) is 0. The largest absolute Gasteiger partial charge is 0.461 e. The number of aromatic nitrogens is 2. The molecule has 0 bridgehead atoms. The van der Waals surface area contributed by atoms with Crippen molar-refractivity contribution < 1.29 is 13.7 Å². The van der Waals surface area contributed by atoms with Gasteiger partial charge in [-0.3, -0.25) is 0 Å². The van der Waals surface area contributed by atoms with Crippen LogP contribution in [-0.2, 0) is 10.5 Å². The van der Waals surface area contributed by atoms with Gasteiger partial charge in [-0.2, -0.15) is 4.98 Å². The molecule has 2 atom stereocenters. The minimum absolute atomic E-state index is 0.308. The second-order valence-electron chi connectivity index (χ2n) is 4.20.